The van der Waals surface area contributed by atoms with Crippen LogP contribution in [0.2, 0.25) is 0 Å². The summed E-state index contributed by atoms with van der Waals surface area (Å²) in [5.41, 5.74) is -1.00. The monoisotopic (exact) mass is 356 g/mol. The van der Waals surface area contributed by atoms with E-state index in [0.717, 1.165) is 10.8 Å². The highest BCUT2D eigenvalue weighted by atomic mass is 16.8. The van der Waals surface area contributed by atoms with Crippen LogP contribution in [-0.4, -0.2) is 51.7 Å². The molecule has 2 aliphatic rings. The third-order valence-corrected chi connectivity index (χ3v) is 3.70. The smallest absolute Gasteiger partial charge is 0.424 e. The van der Waals surface area contributed by atoms with Gasteiger partial charge in [-0.3, -0.25) is 9.55 Å². The SMILES string of the molecule is [2H]c1cn([C@@H]2O[C@H](CO)[C@H]3OC(=O)O[C@H]32)c(=O)[nH]/c1=N\OC(=O)C(C)C. The van der Waals surface area contributed by atoms with Crippen LogP contribution >= 0.6 is 0 Å². The van der Waals surface area contributed by atoms with Gasteiger partial charge in [0.05, 0.1) is 13.9 Å². The predicted molar refractivity (Wildman–Crippen MR) is 77.7 cm³/mol. The van der Waals surface area contributed by atoms with Crippen LogP contribution in [0.15, 0.2) is 22.2 Å². The number of aliphatic hydroxyl groups is 1. The zero-order valence-electron chi connectivity index (χ0n) is 14.4. The molecule has 4 atom stereocenters. The zero-order chi connectivity index (χ0) is 19.0. The first-order valence-corrected chi connectivity index (χ1v) is 7.52. The average Bonchev–Trinajstić information content (AvgIpc) is 3.12. The lowest BCUT2D eigenvalue weighted by Crippen LogP contribution is -2.37. The van der Waals surface area contributed by atoms with Crippen LogP contribution in [-0.2, 0) is 23.8 Å². The lowest BCUT2D eigenvalue weighted by molar-refractivity contribution is -0.147. The van der Waals surface area contributed by atoms with Gasteiger partial charge < -0.3 is 24.2 Å². The molecule has 0 amide bonds. The molecule has 11 heteroatoms. The molecule has 0 spiro atoms. The number of ether oxygens (including phenoxy) is 3. The number of hydrogen-bond acceptors (Lipinski definition) is 9. The lowest BCUT2D eigenvalue weighted by atomic mass is 10.1. The third-order valence-electron chi connectivity index (χ3n) is 3.70. The predicted octanol–water partition coefficient (Wildman–Crippen LogP) is -1.01. The second-order valence-corrected chi connectivity index (χ2v) is 5.78. The van der Waals surface area contributed by atoms with Gasteiger partial charge in [0.2, 0.25) is 0 Å². The Hall–Kier alpha value is -2.66. The summed E-state index contributed by atoms with van der Waals surface area (Å²) in [6.45, 7) is 2.77. The Labute approximate surface area is 142 Å². The number of aromatic nitrogens is 2. The molecule has 2 aliphatic heterocycles. The van der Waals surface area contributed by atoms with Gasteiger partial charge in [-0.15, -0.1) is 0 Å². The molecule has 3 heterocycles. The Bertz CT molecular complexity index is 847. The highest BCUT2D eigenvalue weighted by molar-refractivity contribution is 5.71. The fourth-order valence-corrected chi connectivity index (χ4v) is 2.42. The molecule has 0 bridgehead atoms. The van der Waals surface area contributed by atoms with Crippen molar-refractivity contribution in [3.63, 3.8) is 0 Å². The number of aliphatic hydroxyl groups excluding tert-OH is 1. The van der Waals surface area contributed by atoms with Crippen LogP contribution in [0.25, 0.3) is 0 Å². The summed E-state index contributed by atoms with van der Waals surface area (Å²) >= 11 is 0. The fraction of sp³-hybridized carbons (Fsp3) is 0.571. The maximum absolute atomic E-state index is 12.3. The van der Waals surface area contributed by atoms with Crippen molar-refractivity contribution in [1.29, 1.82) is 0 Å². The van der Waals surface area contributed by atoms with E-state index in [1.165, 1.54) is 0 Å². The Morgan fingerprint density at radius 1 is 1.48 bits per heavy atom. The van der Waals surface area contributed by atoms with Gasteiger partial charge in [-0.1, -0.05) is 19.0 Å². The Kier molecular flexibility index (Phi) is 4.24. The summed E-state index contributed by atoms with van der Waals surface area (Å²) < 4.78 is 24.3. The fourth-order valence-electron chi connectivity index (χ4n) is 2.42. The largest absolute Gasteiger partial charge is 0.509 e. The van der Waals surface area contributed by atoms with E-state index in [2.05, 4.69) is 15.0 Å². The van der Waals surface area contributed by atoms with Crippen LogP contribution < -0.4 is 11.2 Å². The minimum Gasteiger partial charge on any atom is -0.424 e. The molecule has 0 saturated carbocycles. The van der Waals surface area contributed by atoms with Crippen LogP contribution in [0.1, 0.15) is 21.4 Å². The summed E-state index contributed by atoms with van der Waals surface area (Å²) in [6, 6.07) is -0.265. The molecule has 0 aliphatic carbocycles. The standard InChI is InChI=1S/C14H17N3O8/c1-6(2)12(19)25-16-8-3-4-17(13(20)15-8)11-10-9(7(5-18)22-11)23-14(21)24-10/h3-4,6-7,9-11,18H,5H2,1-2H3,(H,15,16,20)/t7-,9-,10-,11-/m1/s1/i3D. The lowest BCUT2D eigenvalue weighted by Gasteiger charge is -2.17. The van der Waals surface area contributed by atoms with E-state index in [1.807, 2.05) is 0 Å². The first-order chi connectivity index (χ1) is 12.3. The highest BCUT2D eigenvalue weighted by Gasteiger charge is 2.54. The van der Waals surface area contributed by atoms with Crippen LogP contribution in [0.4, 0.5) is 4.79 Å². The van der Waals surface area contributed by atoms with E-state index in [9.17, 15) is 19.5 Å². The highest BCUT2D eigenvalue weighted by Crippen LogP contribution is 2.36. The van der Waals surface area contributed by atoms with Gasteiger partial charge in [0.25, 0.3) is 0 Å². The summed E-state index contributed by atoms with van der Waals surface area (Å²) in [5, 5.41) is 12.8. The number of hydrogen-bond donors (Lipinski definition) is 2. The van der Waals surface area contributed by atoms with Crippen molar-refractivity contribution in [1.82, 2.24) is 9.55 Å². The normalized spacial score (nSPS) is 29.2. The number of H-pyrrole nitrogens is 1. The van der Waals surface area contributed by atoms with Crippen LogP contribution in [0, 0.1) is 5.92 Å². The van der Waals surface area contributed by atoms with Gasteiger partial charge in [-0.25, -0.2) is 14.4 Å². The Morgan fingerprint density at radius 2 is 2.20 bits per heavy atom. The number of rotatable bonds is 4. The molecule has 11 nitrogen and oxygen atoms in total. The van der Waals surface area contributed by atoms with E-state index < -0.39 is 54.9 Å². The molecule has 136 valence electrons. The average molecular weight is 356 g/mol. The Morgan fingerprint density at radius 3 is 2.88 bits per heavy atom. The van der Waals surface area contributed by atoms with Crippen molar-refractivity contribution in [2.45, 2.75) is 38.4 Å². The van der Waals surface area contributed by atoms with Gasteiger partial charge >= 0.3 is 17.8 Å². The quantitative estimate of drug-likeness (QED) is 0.397. The van der Waals surface area contributed by atoms with Crippen molar-refractivity contribution in [2.75, 3.05) is 6.61 Å². The molecule has 0 radical (unpaired) electrons. The van der Waals surface area contributed by atoms with Gasteiger partial charge in [0.15, 0.2) is 23.9 Å². The van der Waals surface area contributed by atoms with Gasteiger partial charge in [-0.05, 0) is 0 Å². The van der Waals surface area contributed by atoms with E-state index in [0.29, 0.717) is 0 Å². The number of fused-ring (bicyclic) bond motifs is 1. The number of nitrogens with zero attached hydrogens (tertiary/aromatic N) is 2. The van der Waals surface area contributed by atoms with Crippen molar-refractivity contribution in [3.05, 3.63) is 28.2 Å². The summed E-state index contributed by atoms with van der Waals surface area (Å²) in [7, 11) is 0. The minimum atomic E-state index is -1.09. The van der Waals surface area contributed by atoms with E-state index >= 15 is 0 Å². The summed E-state index contributed by atoms with van der Waals surface area (Å²) in [4.78, 5) is 42.0. The van der Waals surface area contributed by atoms with Crippen molar-refractivity contribution >= 4 is 12.1 Å². The Balaban J connectivity index is 1.91. The number of carbonyl (C=O) groups is 2. The first kappa shape index (κ1) is 15.8. The van der Waals surface area contributed by atoms with Crippen molar-refractivity contribution < 1.29 is 35.1 Å². The van der Waals surface area contributed by atoms with Gasteiger partial charge in [0.1, 0.15) is 6.10 Å². The molecule has 1 aromatic heterocycles. The minimum absolute atomic E-state index is 0.256. The van der Waals surface area contributed by atoms with E-state index in [-0.39, 0.29) is 11.5 Å². The molecular weight excluding hydrogens is 338 g/mol. The van der Waals surface area contributed by atoms with Crippen molar-refractivity contribution in [3.8, 4) is 0 Å². The summed E-state index contributed by atoms with van der Waals surface area (Å²) in [5.74, 6) is -1.05. The zero-order valence-corrected chi connectivity index (χ0v) is 13.4. The first-order valence-electron chi connectivity index (χ1n) is 8.02. The maximum Gasteiger partial charge on any atom is 0.509 e. The maximum atomic E-state index is 12.3. The molecule has 0 unspecified atom stereocenters. The van der Waals surface area contributed by atoms with E-state index in [4.69, 9.17) is 15.6 Å². The second kappa shape index (κ2) is 6.69. The summed E-state index contributed by atoms with van der Waals surface area (Å²) in [6.07, 6.45) is -3.62. The van der Waals surface area contributed by atoms with E-state index in [1.54, 1.807) is 13.8 Å². The molecule has 0 aromatic carbocycles. The number of aromatic amines is 1. The molecule has 2 fully saturated rings. The second-order valence-electron chi connectivity index (χ2n) is 5.78. The molecule has 3 rings (SSSR count). The van der Waals surface area contributed by atoms with Crippen LogP contribution in [0.5, 0.6) is 0 Å². The molecular formula is C14H17N3O8. The van der Waals surface area contributed by atoms with Gasteiger partial charge in [-0.2, -0.15) is 0 Å². The number of nitrogens with one attached hydrogen (secondary N) is 1. The molecule has 2 N–H and O–H groups in total. The third kappa shape index (κ3) is 3.28. The topological polar surface area (TPSA) is 141 Å². The molecule has 2 saturated heterocycles. The number of carbonyl (C=O) groups excluding carboxylic acids is 2. The molecule has 1 aromatic rings. The van der Waals surface area contributed by atoms with Crippen molar-refractivity contribution in [2.24, 2.45) is 11.1 Å². The molecule has 25 heavy (non-hydrogen) atoms. The van der Waals surface area contributed by atoms with Gasteiger partial charge in [0, 0.05) is 12.2 Å². The van der Waals surface area contributed by atoms with Crippen LogP contribution in [0.3, 0.4) is 0 Å².